The average Bonchev–Trinajstić information content (AvgIpc) is 2.77. The molecule has 0 aromatic heterocycles. The fourth-order valence-corrected chi connectivity index (χ4v) is 4.86. The van der Waals surface area contributed by atoms with E-state index in [0.29, 0.717) is 18.7 Å². The molecule has 0 bridgehead atoms. The summed E-state index contributed by atoms with van der Waals surface area (Å²) >= 11 is 0. The van der Waals surface area contributed by atoms with Crippen LogP contribution in [0, 0.1) is 20.8 Å². The lowest BCUT2D eigenvalue weighted by atomic mass is 10.1. The molecule has 0 fully saturated rings. The van der Waals surface area contributed by atoms with E-state index in [4.69, 9.17) is 0 Å². The van der Waals surface area contributed by atoms with Crippen LogP contribution in [-0.2, 0) is 26.2 Å². The van der Waals surface area contributed by atoms with Crippen LogP contribution in [0.15, 0.2) is 42.5 Å². The van der Waals surface area contributed by atoms with Crippen molar-refractivity contribution in [2.75, 3.05) is 23.7 Å². The van der Waals surface area contributed by atoms with Crippen molar-refractivity contribution < 1.29 is 18.0 Å². The standard InChI is InChI=1S/C27H39N3O4S/c1-7-9-14-28-27(32)25(8-2)29(18-23-12-10-20(3)11-13-23)26(31)19-30(35(6,33)34)24-16-21(4)15-22(5)17-24/h10-13,15-17,25H,7-9,14,18-19H2,1-6H3,(H,28,32)/t25-/m1/s1. The molecule has 2 aromatic carbocycles. The van der Waals surface area contributed by atoms with Crippen LogP contribution in [0.2, 0.25) is 0 Å². The highest BCUT2D eigenvalue weighted by Crippen LogP contribution is 2.22. The Morgan fingerprint density at radius 1 is 0.943 bits per heavy atom. The SMILES string of the molecule is CCCCNC(=O)[C@@H](CC)N(Cc1ccc(C)cc1)C(=O)CN(c1cc(C)cc(C)c1)S(C)(=O)=O. The van der Waals surface area contributed by atoms with Gasteiger partial charge in [0.05, 0.1) is 11.9 Å². The van der Waals surface area contributed by atoms with Crippen molar-refractivity contribution in [3.63, 3.8) is 0 Å². The molecule has 0 unspecified atom stereocenters. The van der Waals surface area contributed by atoms with Gasteiger partial charge in [-0.25, -0.2) is 8.42 Å². The van der Waals surface area contributed by atoms with E-state index in [1.165, 1.54) is 4.90 Å². The molecule has 0 aliphatic carbocycles. The van der Waals surface area contributed by atoms with Crippen molar-refractivity contribution in [2.24, 2.45) is 0 Å². The van der Waals surface area contributed by atoms with Gasteiger partial charge in [0.25, 0.3) is 0 Å². The van der Waals surface area contributed by atoms with Crippen LogP contribution >= 0.6 is 0 Å². The number of carbonyl (C=O) groups is 2. The number of benzene rings is 2. The third kappa shape index (κ3) is 8.38. The van der Waals surface area contributed by atoms with Crippen LogP contribution in [0.4, 0.5) is 5.69 Å². The van der Waals surface area contributed by atoms with Crippen LogP contribution in [-0.4, -0.2) is 50.5 Å². The summed E-state index contributed by atoms with van der Waals surface area (Å²) in [6.45, 7) is 10.0. The molecular weight excluding hydrogens is 462 g/mol. The number of carbonyl (C=O) groups excluding carboxylic acids is 2. The van der Waals surface area contributed by atoms with E-state index < -0.39 is 22.0 Å². The Kier molecular flexibility index (Phi) is 10.3. The molecule has 7 nitrogen and oxygen atoms in total. The van der Waals surface area contributed by atoms with E-state index in [1.54, 1.807) is 12.1 Å². The molecule has 1 atom stereocenters. The van der Waals surface area contributed by atoms with E-state index in [2.05, 4.69) is 5.32 Å². The zero-order chi connectivity index (χ0) is 26.2. The maximum atomic E-state index is 13.7. The van der Waals surface area contributed by atoms with Crippen LogP contribution in [0.25, 0.3) is 0 Å². The minimum absolute atomic E-state index is 0.212. The molecule has 2 rings (SSSR count). The molecule has 0 aliphatic rings. The lowest BCUT2D eigenvalue weighted by molar-refractivity contribution is -0.140. The minimum Gasteiger partial charge on any atom is -0.354 e. The zero-order valence-electron chi connectivity index (χ0n) is 21.8. The number of sulfonamides is 1. The smallest absolute Gasteiger partial charge is 0.244 e. The molecule has 8 heteroatoms. The van der Waals surface area contributed by atoms with Crippen molar-refractivity contribution in [3.05, 3.63) is 64.7 Å². The molecular formula is C27H39N3O4S. The van der Waals surface area contributed by atoms with E-state index >= 15 is 0 Å². The maximum absolute atomic E-state index is 13.7. The Balaban J connectivity index is 2.42. The zero-order valence-corrected chi connectivity index (χ0v) is 22.6. The first-order valence-electron chi connectivity index (χ1n) is 12.1. The molecule has 2 aromatic rings. The molecule has 0 saturated carbocycles. The Labute approximate surface area is 210 Å². The number of anilines is 1. The predicted molar refractivity (Wildman–Crippen MR) is 142 cm³/mol. The van der Waals surface area contributed by atoms with Crippen LogP contribution < -0.4 is 9.62 Å². The van der Waals surface area contributed by atoms with Gasteiger partial charge in [-0.3, -0.25) is 13.9 Å². The van der Waals surface area contributed by atoms with Crippen molar-refractivity contribution in [1.29, 1.82) is 0 Å². The minimum atomic E-state index is -3.74. The van der Waals surface area contributed by atoms with E-state index in [-0.39, 0.29) is 19.0 Å². The van der Waals surface area contributed by atoms with Crippen LogP contribution in [0.5, 0.6) is 0 Å². The molecule has 0 heterocycles. The summed E-state index contributed by atoms with van der Waals surface area (Å²) in [6.07, 6.45) is 3.31. The van der Waals surface area contributed by atoms with Crippen molar-refractivity contribution in [1.82, 2.24) is 10.2 Å². The number of unbranched alkanes of at least 4 members (excludes halogenated alkanes) is 1. The predicted octanol–water partition coefficient (Wildman–Crippen LogP) is 4.10. The second kappa shape index (κ2) is 12.7. The third-order valence-electron chi connectivity index (χ3n) is 5.86. The number of amides is 2. The van der Waals surface area contributed by atoms with Crippen LogP contribution in [0.3, 0.4) is 0 Å². The quantitative estimate of drug-likeness (QED) is 0.444. The van der Waals surface area contributed by atoms with Gasteiger partial charge in [-0.05, 0) is 62.4 Å². The molecule has 192 valence electrons. The van der Waals surface area contributed by atoms with Gasteiger partial charge in [0.2, 0.25) is 21.8 Å². The van der Waals surface area contributed by atoms with E-state index in [0.717, 1.165) is 45.7 Å². The number of nitrogens with one attached hydrogen (secondary N) is 1. The van der Waals surface area contributed by atoms with Crippen LogP contribution in [0.1, 0.15) is 55.4 Å². The van der Waals surface area contributed by atoms with Crippen molar-refractivity contribution >= 4 is 27.5 Å². The highest BCUT2D eigenvalue weighted by molar-refractivity contribution is 7.92. The highest BCUT2D eigenvalue weighted by atomic mass is 32.2. The second-order valence-electron chi connectivity index (χ2n) is 9.19. The fraction of sp³-hybridized carbons (Fsp3) is 0.481. The maximum Gasteiger partial charge on any atom is 0.244 e. The van der Waals surface area contributed by atoms with E-state index in [9.17, 15) is 18.0 Å². The Bertz CT molecular complexity index is 1090. The summed E-state index contributed by atoms with van der Waals surface area (Å²) in [5, 5.41) is 2.93. The largest absolute Gasteiger partial charge is 0.354 e. The number of rotatable bonds is 12. The summed E-state index contributed by atoms with van der Waals surface area (Å²) in [5.74, 6) is -0.647. The molecule has 2 amide bonds. The number of hydrogen-bond acceptors (Lipinski definition) is 4. The summed E-state index contributed by atoms with van der Waals surface area (Å²) in [7, 11) is -3.74. The second-order valence-corrected chi connectivity index (χ2v) is 11.1. The first kappa shape index (κ1) is 28.4. The molecule has 35 heavy (non-hydrogen) atoms. The Hall–Kier alpha value is -2.87. The van der Waals surface area contributed by atoms with Gasteiger partial charge in [0.1, 0.15) is 12.6 Å². The first-order chi connectivity index (χ1) is 16.5. The summed E-state index contributed by atoms with van der Waals surface area (Å²) < 4.78 is 26.6. The van der Waals surface area contributed by atoms with Crippen molar-refractivity contribution in [3.8, 4) is 0 Å². The summed E-state index contributed by atoms with van der Waals surface area (Å²) in [4.78, 5) is 28.2. The Morgan fingerprint density at radius 3 is 2.06 bits per heavy atom. The normalized spacial score (nSPS) is 12.2. The highest BCUT2D eigenvalue weighted by Gasteiger charge is 2.31. The number of aryl methyl sites for hydroxylation is 3. The van der Waals surface area contributed by atoms with Gasteiger partial charge in [-0.2, -0.15) is 0 Å². The fourth-order valence-electron chi connectivity index (χ4n) is 4.02. The van der Waals surface area contributed by atoms with Gasteiger partial charge in [0.15, 0.2) is 0 Å². The molecule has 0 radical (unpaired) electrons. The number of hydrogen-bond donors (Lipinski definition) is 1. The third-order valence-corrected chi connectivity index (χ3v) is 7.00. The van der Waals surface area contributed by atoms with Gasteiger partial charge in [0, 0.05) is 13.1 Å². The summed E-state index contributed by atoms with van der Waals surface area (Å²) in [5.41, 5.74) is 4.21. The van der Waals surface area contributed by atoms with Gasteiger partial charge in [-0.1, -0.05) is 56.2 Å². The van der Waals surface area contributed by atoms with E-state index in [1.807, 2.05) is 65.0 Å². The van der Waals surface area contributed by atoms with Gasteiger partial charge < -0.3 is 10.2 Å². The van der Waals surface area contributed by atoms with Crippen molar-refractivity contribution in [2.45, 2.75) is 66.5 Å². The molecule has 1 N–H and O–H groups in total. The topological polar surface area (TPSA) is 86.8 Å². The van der Waals surface area contributed by atoms with Gasteiger partial charge in [-0.15, -0.1) is 0 Å². The van der Waals surface area contributed by atoms with Gasteiger partial charge >= 0.3 is 0 Å². The lowest BCUT2D eigenvalue weighted by Crippen LogP contribution is -2.52. The average molecular weight is 502 g/mol. The Morgan fingerprint density at radius 2 is 1.54 bits per heavy atom. The summed E-state index contributed by atoms with van der Waals surface area (Å²) in [6, 6.07) is 12.5. The molecule has 0 spiro atoms. The number of nitrogens with zero attached hydrogens (tertiary/aromatic N) is 2. The first-order valence-corrected chi connectivity index (χ1v) is 14.0. The molecule has 0 saturated heterocycles. The lowest BCUT2D eigenvalue weighted by Gasteiger charge is -2.33. The monoisotopic (exact) mass is 501 g/mol. The molecule has 0 aliphatic heterocycles.